The zero-order chi connectivity index (χ0) is 17.6. The zero-order valence-corrected chi connectivity index (χ0v) is 18.8. The van der Waals surface area contributed by atoms with Crippen LogP contribution >= 0.6 is 35.3 Å². The number of guanidine groups is 1. The lowest BCUT2D eigenvalue weighted by molar-refractivity contribution is 0.571. The number of rotatable bonds is 5. The molecule has 0 bridgehead atoms. The number of aromatic nitrogens is 1. The lowest BCUT2D eigenvalue weighted by atomic mass is 9.93. The van der Waals surface area contributed by atoms with E-state index in [2.05, 4.69) is 79.9 Å². The van der Waals surface area contributed by atoms with Crippen LogP contribution in [0.3, 0.4) is 0 Å². The molecule has 2 aromatic rings. The molecule has 0 saturated carbocycles. The summed E-state index contributed by atoms with van der Waals surface area (Å²) in [6.07, 6.45) is 0. The van der Waals surface area contributed by atoms with Gasteiger partial charge in [0.2, 0.25) is 0 Å². The number of aliphatic imine (C=N–C) groups is 1. The number of benzene rings is 1. The maximum atomic E-state index is 4.71. The molecule has 0 radical (unpaired) electrons. The molecule has 0 saturated heterocycles. The third kappa shape index (κ3) is 6.93. The Hall–Kier alpha value is -1.15. The molecule has 0 aliphatic heterocycles. The molecule has 0 aliphatic rings. The average Bonchev–Trinajstić information content (AvgIpc) is 3.03. The summed E-state index contributed by atoms with van der Waals surface area (Å²) in [5.74, 6) is 0.821. The second kappa shape index (κ2) is 10.1. The van der Waals surface area contributed by atoms with Gasteiger partial charge in [0, 0.05) is 17.3 Å². The zero-order valence-electron chi connectivity index (χ0n) is 15.7. The van der Waals surface area contributed by atoms with Crippen molar-refractivity contribution in [3.05, 3.63) is 52.0 Å². The van der Waals surface area contributed by atoms with Crippen LogP contribution in [0.4, 0.5) is 0 Å². The Morgan fingerprint density at radius 3 is 2.48 bits per heavy atom. The highest BCUT2D eigenvalue weighted by Gasteiger charge is 2.17. The predicted octanol–water partition coefficient (Wildman–Crippen LogP) is 4.87. The normalized spacial score (nSPS) is 13.1. The standard InChI is InChI=1S/C19H28N4S.HI/c1-6-20-18(22-14(2)15-10-8-7-9-11-15)21-12-17-23-16(13-24-17)19(3,4)5;/h7-11,13-14H,6,12H2,1-5H3,(H2,20,21,22);1H. The molecule has 1 heterocycles. The van der Waals surface area contributed by atoms with Gasteiger partial charge in [-0.2, -0.15) is 0 Å². The van der Waals surface area contributed by atoms with Gasteiger partial charge in [-0.1, -0.05) is 51.1 Å². The van der Waals surface area contributed by atoms with Crippen LogP contribution in [0.2, 0.25) is 0 Å². The summed E-state index contributed by atoms with van der Waals surface area (Å²) in [6.45, 7) is 12.2. The van der Waals surface area contributed by atoms with Gasteiger partial charge in [0.25, 0.3) is 0 Å². The number of hydrogen-bond acceptors (Lipinski definition) is 3. The van der Waals surface area contributed by atoms with Crippen LogP contribution in [0.5, 0.6) is 0 Å². The molecule has 0 fully saturated rings. The highest BCUT2D eigenvalue weighted by atomic mass is 127. The van der Waals surface area contributed by atoms with E-state index in [9.17, 15) is 0 Å². The minimum atomic E-state index is 0. The molecule has 138 valence electrons. The van der Waals surface area contributed by atoms with Crippen molar-refractivity contribution in [1.82, 2.24) is 15.6 Å². The third-order valence-electron chi connectivity index (χ3n) is 3.69. The van der Waals surface area contributed by atoms with Crippen LogP contribution in [0.15, 0.2) is 40.7 Å². The number of hydrogen-bond donors (Lipinski definition) is 2. The summed E-state index contributed by atoms with van der Waals surface area (Å²) in [7, 11) is 0. The van der Waals surface area contributed by atoms with Gasteiger partial charge < -0.3 is 10.6 Å². The Morgan fingerprint density at radius 1 is 1.24 bits per heavy atom. The number of nitrogens with one attached hydrogen (secondary N) is 2. The molecule has 0 amide bonds. The first-order valence-electron chi connectivity index (χ1n) is 8.45. The van der Waals surface area contributed by atoms with Crippen molar-refractivity contribution in [3.63, 3.8) is 0 Å². The molecule has 1 unspecified atom stereocenters. The smallest absolute Gasteiger partial charge is 0.192 e. The lowest BCUT2D eigenvalue weighted by Crippen LogP contribution is -2.38. The fourth-order valence-corrected chi connectivity index (χ4v) is 3.17. The van der Waals surface area contributed by atoms with E-state index in [-0.39, 0.29) is 35.4 Å². The Kier molecular flexibility index (Phi) is 8.85. The SMILES string of the molecule is CCNC(=NCc1nc(C(C)(C)C)cs1)NC(C)c1ccccc1.I. The van der Waals surface area contributed by atoms with E-state index in [1.807, 2.05) is 6.07 Å². The maximum Gasteiger partial charge on any atom is 0.192 e. The van der Waals surface area contributed by atoms with Crippen molar-refractivity contribution in [1.29, 1.82) is 0 Å². The van der Waals surface area contributed by atoms with Crippen molar-refractivity contribution < 1.29 is 0 Å². The minimum absolute atomic E-state index is 0. The van der Waals surface area contributed by atoms with E-state index in [1.165, 1.54) is 5.56 Å². The predicted molar refractivity (Wildman–Crippen MR) is 119 cm³/mol. The molecule has 1 aromatic carbocycles. The van der Waals surface area contributed by atoms with E-state index in [0.29, 0.717) is 6.54 Å². The third-order valence-corrected chi connectivity index (χ3v) is 4.52. The molecule has 25 heavy (non-hydrogen) atoms. The van der Waals surface area contributed by atoms with Crippen LogP contribution in [0, 0.1) is 0 Å². The minimum Gasteiger partial charge on any atom is -0.357 e. The van der Waals surface area contributed by atoms with E-state index in [1.54, 1.807) is 11.3 Å². The Labute approximate surface area is 172 Å². The molecule has 1 atom stereocenters. The summed E-state index contributed by atoms with van der Waals surface area (Å²) in [5, 5.41) is 9.95. The molecule has 1 aromatic heterocycles. The summed E-state index contributed by atoms with van der Waals surface area (Å²) >= 11 is 1.68. The second-order valence-corrected chi connectivity index (χ2v) is 7.79. The maximum absolute atomic E-state index is 4.71. The van der Waals surface area contributed by atoms with Crippen molar-refractivity contribution in [2.24, 2.45) is 4.99 Å². The van der Waals surface area contributed by atoms with Crippen molar-refractivity contribution in [2.75, 3.05) is 6.54 Å². The molecule has 6 heteroatoms. The van der Waals surface area contributed by atoms with Gasteiger partial charge >= 0.3 is 0 Å². The van der Waals surface area contributed by atoms with Gasteiger partial charge in [-0.15, -0.1) is 35.3 Å². The van der Waals surface area contributed by atoms with E-state index in [0.717, 1.165) is 23.2 Å². The van der Waals surface area contributed by atoms with Crippen molar-refractivity contribution >= 4 is 41.3 Å². The van der Waals surface area contributed by atoms with Crippen molar-refractivity contribution in [3.8, 4) is 0 Å². The van der Waals surface area contributed by atoms with Crippen LogP contribution < -0.4 is 10.6 Å². The van der Waals surface area contributed by atoms with E-state index in [4.69, 9.17) is 4.98 Å². The molecule has 0 spiro atoms. The first-order chi connectivity index (χ1) is 11.4. The summed E-state index contributed by atoms with van der Waals surface area (Å²) in [4.78, 5) is 9.39. The summed E-state index contributed by atoms with van der Waals surface area (Å²) < 4.78 is 0. The quantitative estimate of drug-likeness (QED) is 0.371. The second-order valence-electron chi connectivity index (χ2n) is 6.85. The van der Waals surface area contributed by atoms with Crippen LogP contribution in [0.25, 0.3) is 0 Å². The molecular formula is C19H29IN4S. The fourth-order valence-electron chi connectivity index (χ4n) is 2.22. The lowest BCUT2D eigenvalue weighted by Gasteiger charge is -2.18. The largest absolute Gasteiger partial charge is 0.357 e. The molecule has 4 nitrogen and oxygen atoms in total. The van der Waals surface area contributed by atoms with E-state index < -0.39 is 0 Å². The first-order valence-corrected chi connectivity index (χ1v) is 9.32. The van der Waals surface area contributed by atoms with E-state index >= 15 is 0 Å². The van der Waals surface area contributed by atoms with Gasteiger partial charge in [-0.05, 0) is 19.4 Å². The molecule has 2 N–H and O–H groups in total. The van der Waals surface area contributed by atoms with Gasteiger partial charge in [-0.3, -0.25) is 0 Å². The Morgan fingerprint density at radius 2 is 1.92 bits per heavy atom. The highest BCUT2D eigenvalue weighted by Crippen LogP contribution is 2.24. The molecule has 2 rings (SSSR count). The number of halogens is 1. The summed E-state index contributed by atoms with van der Waals surface area (Å²) in [6, 6.07) is 10.6. The summed E-state index contributed by atoms with van der Waals surface area (Å²) in [5.41, 5.74) is 2.46. The highest BCUT2D eigenvalue weighted by molar-refractivity contribution is 14.0. The van der Waals surface area contributed by atoms with Gasteiger partial charge in [-0.25, -0.2) is 9.98 Å². The van der Waals surface area contributed by atoms with Crippen LogP contribution in [0.1, 0.15) is 56.9 Å². The molecular weight excluding hydrogens is 443 g/mol. The van der Waals surface area contributed by atoms with Gasteiger partial charge in [0.1, 0.15) is 5.01 Å². The number of thiazole rings is 1. The number of nitrogens with zero attached hydrogens (tertiary/aromatic N) is 2. The average molecular weight is 472 g/mol. The van der Waals surface area contributed by atoms with Crippen molar-refractivity contribution in [2.45, 2.75) is 52.6 Å². The topological polar surface area (TPSA) is 49.3 Å². The monoisotopic (exact) mass is 472 g/mol. The Bertz CT molecular complexity index is 662. The van der Waals surface area contributed by atoms with Crippen LogP contribution in [-0.2, 0) is 12.0 Å². The van der Waals surface area contributed by atoms with Gasteiger partial charge in [0.05, 0.1) is 18.3 Å². The Balaban J connectivity index is 0.00000312. The van der Waals surface area contributed by atoms with Crippen LogP contribution in [-0.4, -0.2) is 17.5 Å². The van der Waals surface area contributed by atoms with Gasteiger partial charge in [0.15, 0.2) is 5.96 Å². The first kappa shape index (κ1) is 21.9. The molecule has 0 aliphatic carbocycles. The fraction of sp³-hybridized carbons (Fsp3) is 0.474.